The van der Waals surface area contributed by atoms with Gasteiger partial charge in [-0.3, -0.25) is 4.98 Å². The van der Waals surface area contributed by atoms with Crippen molar-refractivity contribution in [3.05, 3.63) is 35.0 Å². The topological polar surface area (TPSA) is 33.1 Å². The first-order valence-corrected chi connectivity index (χ1v) is 5.30. The second kappa shape index (κ2) is 4.99. The lowest BCUT2D eigenvalue weighted by Gasteiger charge is -2.02. The van der Waals surface area contributed by atoms with E-state index in [-0.39, 0.29) is 5.75 Å². The fraction of sp³-hybridized carbons (Fsp3) is 0.250. The summed E-state index contributed by atoms with van der Waals surface area (Å²) in [4.78, 5) is 4.13. The van der Waals surface area contributed by atoms with E-state index in [0.717, 1.165) is 16.5 Å². The van der Waals surface area contributed by atoms with Crippen LogP contribution in [0.15, 0.2) is 24.4 Å². The molecule has 0 bridgehead atoms. The average Bonchev–Trinajstić information content (AvgIpc) is 2.24. The quantitative estimate of drug-likeness (QED) is 0.734. The standard InChI is InChI=1S/C10H8ClNO.C2H6/c1-6-2-3-12-9-5-10(13)8(11)4-7(6)9;1-2/h2-5,13H,1H3;1-2H3. The van der Waals surface area contributed by atoms with E-state index >= 15 is 0 Å². The summed E-state index contributed by atoms with van der Waals surface area (Å²) in [5.74, 6) is 0.0762. The zero-order valence-electron chi connectivity index (χ0n) is 9.08. The van der Waals surface area contributed by atoms with Crippen LogP contribution in [-0.2, 0) is 0 Å². The lowest BCUT2D eigenvalue weighted by atomic mass is 10.1. The predicted molar refractivity (Wildman–Crippen MR) is 64.5 cm³/mol. The lowest BCUT2D eigenvalue weighted by molar-refractivity contribution is 0.476. The Kier molecular flexibility index (Phi) is 3.92. The maximum atomic E-state index is 9.34. The molecule has 15 heavy (non-hydrogen) atoms. The Bertz CT molecular complexity index is 468. The highest BCUT2D eigenvalue weighted by Gasteiger charge is 2.03. The Morgan fingerprint density at radius 3 is 2.60 bits per heavy atom. The molecule has 1 heterocycles. The molecule has 80 valence electrons. The van der Waals surface area contributed by atoms with Crippen molar-refractivity contribution < 1.29 is 5.11 Å². The predicted octanol–water partition coefficient (Wildman–Crippen LogP) is 3.93. The monoisotopic (exact) mass is 223 g/mol. The molecule has 0 saturated carbocycles. The number of phenolic OH excluding ortho intramolecular Hbond substituents is 1. The molecule has 2 aromatic rings. The van der Waals surface area contributed by atoms with Crippen LogP contribution in [0.2, 0.25) is 5.02 Å². The number of benzene rings is 1. The van der Waals surface area contributed by atoms with Crippen molar-refractivity contribution in [3.63, 3.8) is 0 Å². The number of aromatic nitrogens is 1. The third-order valence-electron chi connectivity index (χ3n) is 2.03. The van der Waals surface area contributed by atoms with Crippen molar-refractivity contribution in [1.29, 1.82) is 0 Å². The molecule has 0 atom stereocenters. The number of hydrogen-bond donors (Lipinski definition) is 1. The van der Waals surface area contributed by atoms with Gasteiger partial charge in [-0.25, -0.2) is 0 Å². The molecule has 3 heteroatoms. The summed E-state index contributed by atoms with van der Waals surface area (Å²) in [6.07, 6.45) is 1.71. The molecule has 0 fully saturated rings. The van der Waals surface area contributed by atoms with Gasteiger partial charge in [-0.15, -0.1) is 0 Å². The number of nitrogens with zero attached hydrogens (tertiary/aromatic N) is 1. The van der Waals surface area contributed by atoms with Crippen LogP contribution in [0.1, 0.15) is 19.4 Å². The number of pyridine rings is 1. The zero-order chi connectivity index (χ0) is 11.4. The molecule has 1 N–H and O–H groups in total. The van der Waals surface area contributed by atoms with E-state index < -0.39 is 0 Å². The molecule has 2 rings (SSSR count). The Hall–Kier alpha value is -1.28. The third kappa shape index (κ3) is 2.39. The number of halogens is 1. The molecular weight excluding hydrogens is 210 g/mol. The highest BCUT2D eigenvalue weighted by atomic mass is 35.5. The second-order valence-corrected chi connectivity index (χ2v) is 3.36. The van der Waals surface area contributed by atoms with Gasteiger partial charge in [0.15, 0.2) is 0 Å². The van der Waals surface area contributed by atoms with Gasteiger partial charge in [0.2, 0.25) is 0 Å². The number of phenols is 1. The van der Waals surface area contributed by atoms with Crippen molar-refractivity contribution >= 4 is 22.5 Å². The van der Waals surface area contributed by atoms with Gasteiger partial charge in [0.25, 0.3) is 0 Å². The molecule has 2 nitrogen and oxygen atoms in total. The molecule has 0 spiro atoms. The molecule has 1 aromatic carbocycles. The van der Waals surface area contributed by atoms with E-state index in [4.69, 9.17) is 11.6 Å². The summed E-state index contributed by atoms with van der Waals surface area (Å²) >= 11 is 5.78. The second-order valence-electron chi connectivity index (χ2n) is 2.95. The third-order valence-corrected chi connectivity index (χ3v) is 2.33. The van der Waals surface area contributed by atoms with E-state index in [1.54, 1.807) is 18.3 Å². The van der Waals surface area contributed by atoms with Crippen LogP contribution in [0.25, 0.3) is 10.9 Å². The number of rotatable bonds is 0. The highest BCUT2D eigenvalue weighted by Crippen LogP contribution is 2.29. The van der Waals surface area contributed by atoms with E-state index in [1.165, 1.54) is 0 Å². The smallest absolute Gasteiger partial charge is 0.136 e. The fourth-order valence-corrected chi connectivity index (χ4v) is 1.46. The van der Waals surface area contributed by atoms with E-state index in [1.807, 2.05) is 26.8 Å². The normalized spacial score (nSPS) is 9.60. The minimum absolute atomic E-state index is 0.0762. The minimum atomic E-state index is 0.0762. The summed E-state index contributed by atoms with van der Waals surface area (Å²) in [7, 11) is 0. The van der Waals surface area contributed by atoms with Gasteiger partial charge in [0.1, 0.15) is 5.75 Å². The largest absolute Gasteiger partial charge is 0.506 e. The number of hydrogen-bond acceptors (Lipinski definition) is 2. The first kappa shape index (κ1) is 11.8. The molecule has 0 amide bonds. The van der Waals surface area contributed by atoms with E-state index in [0.29, 0.717) is 5.02 Å². The average molecular weight is 224 g/mol. The summed E-state index contributed by atoms with van der Waals surface area (Å²) in [5, 5.41) is 10.7. The fourth-order valence-electron chi connectivity index (χ4n) is 1.29. The van der Waals surface area contributed by atoms with Crippen LogP contribution < -0.4 is 0 Å². The molecule has 1 aromatic heterocycles. The van der Waals surface area contributed by atoms with Crippen LogP contribution in [0, 0.1) is 6.92 Å². The molecule has 0 saturated heterocycles. The molecule has 0 aliphatic heterocycles. The van der Waals surface area contributed by atoms with Crippen molar-refractivity contribution in [2.45, 2.75) is 20.8 Å². The SMILES string of the molecule is CC.Cc1ccnc2cc(O)c(Cl)cc12. The van der Waals surface area contributed by atoms with Gasteiger partial charge in [0.05, 0.1) is 10.5 Å². The first-order valence-electron chi connectivity index (χ1n) is 4.92. The van der Waals surface area contributed by atoms with E-state index in [9.17, 15) is 5.11 Å². The van der Waals surface area contributed by atoms with E-state index in [2.05, 4.69) is 4.98 Å². The highest BCUT2D eigenvalue weighted by molar-refractivity contribution is 6.32. The Morgan fingerprint density at radius 1 is 1.27 bits per heavy atom. The minimum Gasteiger partial charge on any atom is -0.506 e. The van der Waals surface area contributed by atoms with Crippen molar-refractivity contribution in [2.24, 2.45) is 0 Å². The molecule has 0 aliphatic rings. The van der Waals surface area contributed by atoms with Gasteiger partial charge >= 0.3 is 0 Å². The van der Waals surface area contributed by atoms with Crippen LogP contribution in [-0.4, -0.2) is 10.1 Å². The Morgan fingerprint density at radius 2 is 1.93 bits per heavy atom. The number of fused-ring (bicyclic) bond motifs is 1. The first-order chi connectivity index (χ1) is 7.18. The van der Waals surface area contributed by atoms with Crippen molar-refractivity contribution in [3.8, 4) is 5.75 Å². The lowest BCUT2D eigenvalue weighted by Crippen LogP contribution is -1.82. The van der Waals surface area contributed by atoms with Crippen LogP contribution in [0.3, 0.4) is 0 Å². The number of aromatic hydroxyl groups is 1. The van der Waals surface area contributed by atoms with Gasteiger partial charge < -0.3 is 5.11 Å². The van der Waals surface area contributed by atoms with Gasteiger partial charge in [0, 0.05) is 17.6 Å². The molecule has 0 radical (unpaired) electrons. The van der Waals surface area contributed by atoms with Crippen molar-refractivity contribution in [1.82, 2.24) is 4.98 Å². The van der Waals surface area contributed by atoms with Crippen molar-refractivity contribution in [2.75, 3.05) is 0 Å². The van der Waals surface area contributed by atoms with Gasteiger partial charge in [-0.2, -0.15) is 0 Å². The van der Waals surface area contributed by atoms with Crippen LogP contribution >= 0.6 is 11.6 Å². The maximum absolute atomic E-state index is 9.34. The van der Waals surface area contributed by atoms with Gasteiger partial charge in [-0.1, -0.05) is 25.4 Å². The molecular formula is C12H14ClNO. The summed E-state index contributed by atoms with van der Waals surface area (Å²) in [5.41, 5.74) is 1.87. The summed E-state index contributed by atoms with van der Waals surface area (Å²) in [6, 6.07) is 5.22. The van der Waals surface area contributed by atoms with Crippen LogP contribution in [0.4, 0.5) is 0 Å². The molecule has 0 aliphatic carbocycles. The molecule has 0 unspecified atom stereocenters. The Labute approximate surface area is 94.5 Å². The van der Waals surface area contributed by atoms with Crippen LogP contribution in [0.5, 0.6) is 5.75 Å². The maximum Gasteiger partial charge on any atom is 0.136 e. The summed E-state index contributed by atoms with van der Waals surface area (Å²) in [6.45, 7) is 5.98. The van der Waals surface area contributed by atoms with Gasteiger partial charge in [-0.05, 0) is 24.6 Å². The summed E-state index contributed by atoms with van der Waals surface area (Å²) < 4.78 is 0. The Balaban J connectivity index is 0.000000531. The number of aryl methyl sites for hydroxylation is 1. The zero-order valence-corrected chi connectivity index (χ0v) is 9.84.